The van der Waals surface area contributed by atoms with Crippen LogP contribution in [0.4, 0.5) is 0 Å². The molecule has 0 spiro atoms. The maximum atomic E-state index is 12.8. The molecule has 1 amide bonds. The molecule has 128 valence electrons. The lowest BCUT2D eigenvalue weighted by Crippen LogP contribution is -2.62. The summed E-state index contributed by atoms with van der Waals surface area (Å²) in [7, 11) is 0. The summed E-state index contributed by atoms with van der Waals surface area (Å²) in [6, 6.07) is 0.793. The molecule has 2 atom stereocenters. The van der Waals surface area contributed by atoms with Crippen LogP contribution < -0.4 is 0 Å². The van der Waals surface area contributed by atoms with Crippen LogP contribution in [0.1, 0.15) is 55.8 Å². The molecule has 0 radical (unpaired) electrons. The molecule has 3 rings (SSSR count). The zero-order chi connectivity index (χ0) is 16.4. The fourth-order valence-corrected chi connectivity index (χ4v) is 3.68. The van der Waals surface area contributed by atoms with Crippen LogP contribution in [-0.4, -0.2) is 65.6 Å². The minimum Gasteiger partial charge on any atom is -0.447 e. The molecular weight excluding hydrogens is 294 g/mol. The Morgan fingerprint density at radius 1 is 1.39 bits per heavy atom. The number of morpholine rings is 1. The molecule has 6 heteroatoms. The average Bonchev–Trinajstić information content (AvgIpc) is 3.04. The number of rotatable bonds is 4. The third kappa shape index (κ3) is 3.28. The van der Waals surface area contributed by atoms with E-state index in [1.54, 1.807) is 0 Å². The topological polar surface area (TPSA) is 58.8 Å². The molecule has 3 heterocycles. The van der Waals surface area contributed by atoms with Gasteiger partial charge in [0.1, 0.15) is 5.76 Å². The molecule has 0 bridgehead atoms. The van der Waals surface area contributed by atoms with Gasteiger partial charge in [0.05, 0.1) is 19.3 Å². The zero-order valence-corrected chi connectivity index (χ0v) is 14.3. The quantitative estimate of drug-likeness (QED) is 0.850. The molecule has 1 aromatic heterocycles. The van der Waals surface area contributed by atoms with Crippen molar-refractivity contribution in [2.45, 2.75) is 51.6 Å². The van der Waals surface area contributed by atoms with E-state index in [4.69, 9.17) is 9.15 Å². The van der Waals surface area contributed by atoms with Crippen LogP contribution in [-0.2, 0) is 4.74 Å². The van der Waals surface area contributed by atoms with Crippen LogP contribution in [0.3, 0.4) is 0 Å². The summed E-state index contributed by atoms with van der Waals surface area (Å²) >= 11 is 0. The molecule has 0 saturated carbocycles. The van der Waals surface area contributed by atoms with E-state index in [-0.39, 0.29) is 11.8 Å². The molecule has 0 aliphatic carbocycles. The lowest BCUT2D eigenvalue weighted by molar-refractivity contribution is -0.0777. The van der Waals surface area contributed by atoms with Crippen LogP contribution in [0.25, 0.3) is 0 Å². The molecule has 2 aliphatic rings. The predicted molar refractivity (Wildman–Crippen MR) is 86.5 cm³/mol. The standard InChI is InChI=1S/C17H27N3O3/c1-4-5-13-9-22-10-14-8-19(6-7-20(13)14)17(21)15-16(12(2)3)23-11-18-15/h11-14H,4-10H2,1-3H3/t13-,14+/m0/s1. The van der Waals surface area contributed by atoms with Gasteiger partial charge in [-0.1, -0.05) is 27.2 Å². The average molecular weight is 321 g/mol. The fourth-order valence-electron chi connectivity index (χ4n) is 3.68. The molecule has 23 heavy (non-hydrogen) atoms. The first kappa shape index (κ1) is 16.5. The molecule has 2 saturated heterocycles. The molecule has 2 fully saturated rings. The Bertz CT molecular complexity index is 541. The third-order valence-corrected chi connectivity index (χ3v) is 4.85. The monoisotopic (exact) mass is 321 g/mol. The van der Waals surface area contributed by atoms with Gasteiger partial charge in [-0.2, -0.15) is 0 Å². The van der Waals surface area contributed by atoms with Gasteiger partial charge in [-0.25, -0.2) is 4.98 Å². The molecule has 6 nitrogen and oxygen atoms in total. The Morgan fingerprint density at radius 2 is 2.22 bits per heavy atom. The van der Waals surface area contributed by atoms with Gasteiger partial charge >= 0.3 is 0 Å². The van der Waals surface area contributed by atoms with Crippen LogP contribution in [0.5, 0.6) is 0 Å². The summed E-state index contributed by atoms with van der Waals surface area (Å²) in [5.41, 5.74) is 0.468. The van der Waals surface area contributed by atoms with E-state index in [2.05, 4.69) is 16.8 Å². The Morgan fingerprint density at radius 3 is 2.96 bits per heavy atom. The van der Waals surface area contributed by atoms with Crippen molar-refractivity contribution >= 4 is 5.91 Å². The number of nitrogens with zero attached hydrogens (tertiary/aromatic N) is 3. The number of fused-ring (bicyclic) bond motifs is 1. The van der Waals surface area contributed by atoms with Crippen LogP contribution in [0.2, 0.25) is 0 Å². The number of ether oxygens (including phenoxy) is 1. The number of hydrogen-bond acceptors (Lipinski definition) is 5. The highest BCUT2D eigenvalue weighted by Gasteiger charge is 2.37. The highest BCUT2D eigenvalue weighted by atomic mass is 16.5. The first-order valence-electron chi connectivity index (χ1n) is 8.68. The number of carbonyl (C=O) groups is 1. The summed E-state index contributed by atoms with van der Waals surface area (Å²) in [6.07, 6.45) is 3.70. The first-order valence-corrected chi connectivity index (χ1v) is 8.68. The molecule has 0 N–H and O–H groups in total. The van der Waals surface area contributed by atoms with Gasteiger partial charge in [0.25, 0.3) is 5.91 Å². The van der Waals surface area contributed by atoms with Crippen molar-refractivity contribution in [2.24, 2.45) is 0 Å². The minimum absolute atomic E-state index is 0.0142. The van der Waals surface area contributed by atoms with Gasteiger partial charge in [-0.3, -0.25) is 9.69 Å². The second kappa shape index (κ2) is 7.01. The third-order valence-electron chi connectivity index (χ3n) is 4.85. The smallest absolute Gasteiger partial charge is 0.276 e. The van der Waals surface area contributed by atoms with Gasteiger partial charge in [0.15, 0.2) is 12.1 Å². The lowest BCUT2D eigenvalue weighted by Gasteiger charge is -2.47. The van der Waals surface area contributed by atoms with Crippen molar-refractivity contribution in [1.82, 2.24) is 14.8 Å². The maximum Gasteiger partial charge on any atom is 0.276 e. The predicted octanol–water partition coefficient (Wildman–Crippen LogP) is 2.12. The van der Waals surface area contributed by atoms with Crippen LogP contribution in [0.15, 0.2) is 10.8 Å². The van der Waals surface area contributed by atoms with Crippen LogP contribution >= 0.6 is 0 Å². The van der Waals surface area contributed by atoms with Gasteiger partial charge in [0, 0.05) is 31.6 Å². The molecule has 1 aromatic rings. The van der Waals surface area contributed by atoms with Crippen molar-refractivity contribution in [2.75, 3.05) is 32.8 Å². The van der Waals surface area contributed by atoms with Gasteiger partial charge < -0.3 is 14.1 Å². The molecular formula is C17H27N3O3. The fraction of sp³-hybridized carbons (Fsp3) is 0.765. The summed E-state index contributed by atoms with van der Waals surface area (Å²) < 4.78 is 11.2. The zero-order valence-electron chi connectivity index (χ0n) is 14.3. The number of piperazine rings is 1. The number of oxazole rings is 1. The highest BCUT2D eigenvalue weighted by Crippen LogP contribution is 2.24. The van der Waals surface area contributed by atoms with E-state index in [0.29, 0.717) is 36.7 Å². The first-order chi connectivity index (χ1) is 11.1. The van der Waals surface area contributed by atoms with E-state index < -0.39 is 0 Å². The number of hydrogen-bond donors (Lipinski definition) is 0. The lowest BCUT2D eigenvalue weighted by atomic mass is 10.0. The van der Waals surface area contributed by atoms with Crippen molar-refractivity contribution in [3.05, 3.63) is 17.8 Å². The second-order valence-corrected chi connectivity index (χ2v) is 6.84. The molecule has 0 unspecified atom stereocenters. The molecule has 2 aliphatic heterocycles. The summed E-state index contributed by atoms with van der Waals surface area (Å²) in [5, 5.41) is 0. The summed E-state index contributed by atoms with van der Waals surface area (Å²) in [5.74, 6) is 0.825. The van der Waals surface area contributed by atoms with Gasteiger partial charge in [-0.05, 0) is 6.42 Å². The summed E-state index contributed by atoms with van der Waals surface area (Å²) in [6.45, 7) is 10.1. The maximum absolute atomic E-state index is 12.8. The normalized spacial score (nSPS) is 25.7. The minimum atomic E-state index is -0.0142. The SMILES string of the molecule is CCC[C@H]1COC[C@H]2CN(C(=O)c3ncoc3C(C)C)CCN12. The molecule has 0 aromatic carbocycles. The van der Waals surface area contributed by atoms with E-state index in [9.17, 15) is 4.79 Å². The Labute approximate surface area is 137 Å². The Balaban J connectivity index is 1.69. The Hall–Kier alpha value is -1.40. The largest absolute Gasteiger partial charge is 0.447 e. The van der Waals surface area contributed by atoms with Gasteiger partial charge in [-0.15, -0.1) is 0 Å². The highest BCUT2D eigenvalue weighted by molar-refractivity contribution is 5.93. The number of carbonyl (C=O) groups excluding carboxylic acids is 1. The second-order valence-electron chi connectivity index (χ2n) is 6.84. The summed E-state index contributed by atoms with van der Waals surface area (Å²) in [4.78, 5) is 21.4. The van der Waals surface area contributed by atoms with E-state index in [0.717, 1.165) is 32.5 Å². The number of amides is 1. The van der Waals surface area contributed by atoms with E-state index >= 15 is 0 Å². The van der Waals surface area contributed by atoms with Crippen LogP contribution in [0, 0.1) is 0 Å². The van der Waals surface area contributed by atoms with E-state index in [1.807, 2.05) is 18.7 Å². The van der Waals surface area contributed by atoms with Gasteiger partial charge in [0.2, 0.25) is 0 Å². The van der Waals surface area contributed by atoms with Crippen molar-refractivity contribution in [3.8, 4) is 0 Å². The van der Waals surface area contributed by atoms with Crippen molar-refractivity contribution < 1.29 is 13.9 Å². The van der Waals surface area contributed by atoms with Crippen molar-refractivity contribution in [1.29, 1.82) is 0 Å². The Kier molecular flexibility index (Phi) is 5.02. The number of aromatic nitrogens is 1. The van der Waals surface area contributed by atoms with E-state index in [1.165, 1.54) is 6.39 Å². The van der Waals surface area contributed by atoms with Crippen molar-refractivity contribution in [3.63, 3.8) is 0 Å².